The number of likely N-dealkylation sites (tertiary alicyclic amines) is 1. The lowest BCUT2D eigenvalue weighted by Crippen LogP contribution is -2.47. The van der Waals surface area contributed by atoms with Gasteiger partial charge in [-0.05, 0) is 30.7 Å². The van der Waals surface area contributed by atoms with E-state index in [9.17, 15) is 9.90 Å². The van der Waals surface area contributed by atoms with E-state index in [2.05, 4.69) is 21.9 Å². The average Bonchev–Trinajstić information content (AvgIpc) is 2.79. The number of aliphatic hydroxyl groups excluding tert-OH is 1. The molecule has 2 amide bonds. The number of methoxy groups -OCH3 is 1. The van der Waals surface area contributed by atoms with Crippen LogP contribution in [0.25, 0.3) is 11.1 Å². The number of ether oxygens (including phenoxy) is 1. The number of urea groups is 1. The van der Waals surface area contributed by atoms with Crippen LogP contribution < -0.4 is 10.1 Å². The summed E-state index contributed by atoms with van der Waals surface area (Å²) in [6, 6.07) is 9.66. The molecule has 1 aliphatic heterocycles. The molecular weight excluding hydrogens is 392 g/mol. The molecule has 2 aromatic rings. The topological polar surface area (TPSA) is 87.1 Å². The predicted molar refractivity (Wildman–Crippen MR) is 123 cm³/mol. The van der Waals surface area contributed by atoms with Crippen molar-refractivity contribution in [2.24, 2.45) is 10.4 Å². The normalized spacial score (nSPS) is 15.7. The lowest BCUT2D eigenvalue weighted by Gasteiger charge is -2.38. The van der Waals surface area contributed by atoms with Crippen LogP contribution in [0.5, 0.6) is 5.88 Å². The fourth-order valence-electron chi connectivity index (χ4n) is 3.58. The van der Waals surface area contributed by atoms with E-state index in [4.69, 9.17) is 4.74 Å². The number of hydrogen-bond donors (Lipinski definition) is 2. The summed E-state index contributed by atoms with van der Waals surface area (Å²) in [5.74, 6) is 0.502. The SMILES string of the molecule is C=C(C=Nc1c(-c2ccccc2)cnc(OC)c1C)NC(=O)N1CCC(C)(CO)CC1. The van der Waals surface area contributed by atoms with Crippen molar-refractivity contribution < 1.29 is 14.6 Å². The molecule has 3 rings (SSSR count). The van der Waals surface area contributed by atoms with Gasteiger partial charge in [0, 0.05) is 37.0 Å². The molecule has 164 valence electrons. The fraction of sp³-hybridized carbons (Fsp3) is 0.375. The quantitative estimate of drug-likeness (QED) is 0.687. The summed E-state index contributed by atoms with van der Waals surface area (Å²) in [5, 5.41) is 12.3. The van der Waals surface area contributed by atoms with E-state index in [0.717, 1.165) is 29.5 Å². The number of nitrogens with zero attached hydrogens (tertiary/aromatic N) is 3. The first-order chi connectivity index (χ1) is 14.9. The van der Waals surface area contributed by atoms with Gasteiger partial charge in [-0.15, -0.1) is 0 Å². The summed E-state index contributed by atoms with van der Waals surface area (Å²) < 4.78 is 5.35. The van der Waals surface area contributed by atoms with E-state index >= 15 is 0 Å². The summed E-state index contributed by atoms with van der Waals surface area (Å²) in [6.45, 7) is 9.22. The maximum Gasteiger partial charge on any atom is 0.321 e. The third-order valence-electron chi connectivity index (χ3n) is 5.78. The Morgan fingerprint density at radius 2 is 2.03 bits per heavy atom. The van der Waals surface area contributed by atoms with Gasteiger partial charge in [-0.1, -0.05) is 43.8 Å². The Morgan fingerprint density at radius 3 is 2.65 bits per heavy atom. The first-order valence-corrected chi connectivity index (χ1v) is 10.4. The van der Waals surface area contributed by atoms with Crippen LogP contribution >= 0.6 is 0 Å². The van der Waals surface area contributed by atoms with Crippen molar-refractivity contribution in [3.05, 3.63) is 54.4 Å². The van der Waals surface area contributed by atoms with Crippen molar-refractivity contribution in [3.8, 4) is 17.0 Å². The van der Waals surface area contributed by atoms with Crippen molar-refractivity contribution in [3.63, 3.8) is 0 Å². The summed E-state index contributed by atoms with van der Waals surface area (Å²) in [7, 11) is 1.57. The molecule has 7 heteroatoms. The lowest BCUT2D eigenvalue weighted by molar-refractivity contribution is 0.0706. The molecule has 7 nitrogen and oxygen atoms in total. The number of aliphatic hydroxyl groups is 1. The number of piperidine rings is 1. The summed E-state index contributed by atoms with van der Waals surface area (Å²) in [5.41, 5.74) is 3.66. The van der Waals surface area contributed by atoms with Crippen LogP contribution in [-0.2, 0) is 0 Å². The zero-order valence-electron chi connectivity index (χ0n) is 18.4. The first-order valence-electron chi connectivity index (χ1n) is 10.4. The number of pyridine rings is 1. The highest BCUT2D eigenvalue weighted by molar-refractivity contribution is 5.90. The molecule has 2 heterocycles. The molecule has 0 aliphatic carbocycles. The van der Waals surface area contributed by atoms with Gasteiger partial charge in [-0.25, -0.2) is 9.78 Å². The number of hydrogen-bond acceptors (Lipinski definition) is 5. The Labute approximate surface area is 183 Å². The molecule has 1 fully saturated rings. The van der Waals surface area contributed by atoms with Crippen LogP contribution in [0, 0.1) is 12.3 Å². The third-order valence-corrected chi connectivity index (χ3v) is 5.78. The summed E-state index contributed by atoms with van der Waals surface area (Å²) in [6.07, 6.45) is 4.83. The number of carbonyl (C=O) groups excluding carboxylic acids is 1. The zero-order valence-corrected chi connectivity index (χ0v) is 18.4. The van der Waals surface area contributed by atoms with E-state index in [1.165, 1.54) is 0 Å². The van der Waals surface area contributed by atoms with Crippen molar-refractivity contribution >= 4 is 17.9 Å². The van der Waals surface area contributed by atoms with E-state index in [1.54, 1.807) is 24.4 Å². The molecular formula is C24H30N4O3. The van der Waals surface area contributed by atoms with Gasteiger partial charge in [0.15, 0.2) is 0 Å². The minimum atomic E-state index is -0.205. The summed E-state index contributed by atoms with van der Waals surface area (Å²) in [4.78, 5) is 23.3. The number of amides is 2. The molecule has 0 saturated carbocycles. The van der Waals surface area contributed by atoms with Gasteiger partial charge in [0.1, 0.15) is 0 Å². The lowest BCUT2D eigenvalue weighted by atomic mass is 9.81. The van der Waals surface area contributed by atoms with Crippen LogP contribution in [0.3, 0.4) is 0 Å². The molecule has 0 atom stereocenters. The van der Waals surface area contributed by atoms with Gasteiger partial charge in [-0.2, -0.15) is 0 Å². The van der Waals surface area contributed by atoms with Gasteiger partial charge >= 0.3 is 6.03 Å². The Bertz CT molecular complexity index is 964. The van der Waals surface area contributed by atoms with Crippen molar-refractivity contribution in [1.82, 2.24) is 15.2 Å². The molecule has 0 unspecified atom stereocenters. The minimum absolute atomic E-state index is 0.110. The molecule has 1 saturated heterocycles. The molecule has 0 radical (unpaired) electrons. The molecule has 0 bridgehead atoms. The second-order valence-corrected chi connectivity index (χ2v) is 8.19. The van der Waals surface area contributed by atoms with E-state index < -0.39 is 0 Å². The Kier molecular flexibility index (Phi) is 7.07. The first kappa shape index (κ1) is 22.5. The van der Waals surface area contributed by atoms with E-state index in [1.807, 2.05) is 44.2 Å². The van der Waals surface area contributed by atoms with Gasteiger partial charge in [-0.3, -0.25) is 4.99 Å². The number of rotatable bonds is 6. The van der Waals surface area contributed by atoms with Crippen LogP contribution in [0.2, 0.25) is 0 Å². The van der Waals surface area contributed by atoms with Crippen molar-refractivity contribution in [2.45, 2.75) is 26.7 Å². The van der Waals surface area contributed by atoms with Gasteiger partial charge in [0.25, 0.3) is 0 Å². The smallest absolute Gasteiger partial charge is 0.321 e. The van der Waals surface area contributed by atoms with Crippen LogP contribution in [0.4, 0.5) is 10.5 Å². The maximum atomic E-state index is 12.6. The number of benzene rings is 1. The maximum absolute atomic E-state index is 12.6. The highest BCUT2D eigenvalue weighted by Crippen LogP contribution is 2.36. The average molecular weight is 423 g/mol. The predicted octanol–water partition coefficient (Wildman–Crippen LogP) is 4.09. The number of nitrogens with one attached hydrogen (secondary N) is 1. The van der Waals surface area contributed by atoms with E-state index in [-0.39, 0.29) is 18.1 Å². The second-order valence-electron chi connectivity index (χ2n) is 8.19. The minimum Gasteiger partial charge on any atom is -0.481 e. The molecule has 1 aromatic heterocycles. The molecule has 1 aromatic carbocycles. The van der Waals surface area contributed by atoms with Crippen molar-refractivity contribution in [1.29, 1.82) is 0 Å². The number of carbonyl (C=O) groups is 1. The van der Waals surface area contributed by atoms with Gasteiger partial charge < -0.3 is 20.1 Å². The highest BCUT2D eigenvalue weighted by atomic mass is 16.5. The van der Waals surface area contributed by atoms with Crippen LogP contribution in [0.15, 0.2) is 53.8 Å². The zero-order chi connectivity index (χ0) is 22.4. The molecule has 31 heavy (non-hydrogen) atoms. The number of allylic oxidation sites excluding steroid dienone is 1. The second kappa shape index (κ2) is 9.75. The fourth-order valence-corrected chi connectivity index (χ4v) is 3.58. The van der Waals surface area contributed by atoms with Gasteiger partial charge in [0.2, 0.25) is 5.88 Å². The Hall–Kier alpha value is -3.19. The Morgan fingerprint density at radius 1 is 1.35 bits per heavy atom. The standard InChI is InChI=1S/C24H30N4O3/c1-17(27-23(30)28-12-10-24(3,16-29)11-13-28)14-25-21-18(2)22(31-4)26-15-20(21)19-8-6-5-7-9-19/h5-9,14-15,29H,1,10-13,16H2,2-4H3,(H,27,30). The van der Waals surface area contributed by atoms with Crippen molar-refractivity contribution in [2.75, 3.05) is 26.8 Å². The largest absolute Gasteiger partial charge is 0.481 e. The number of aliphatic imine (C=N–C) groups is 1. The molecule has 1 aliphatic rings. The van der Waals surface area contributed by atoms with Crippen LogP contribution in [-0.4, -0.2) is 54.0 Å². The number of aromatic nitrogens is 1. The van der Waals surface area contributed by atoms with E-state index in [0.29, 0.717) is 30.4 Å². The Balaban J connectivity index is 1.74. The molecule has 0 spiro atoms. The van der Waals surface area contributed by atoms with Crippen LogP contribution in [0.1, 0.15) is 25.3 Å². The third kappa shape index (κ3) is 5.30. The summed E-state index contributed by atoms with van der Waals surface area (Å²) >= 11 is 0. The molecule has 2 N–H and O–H groups in total. The van der Waals surface area contributed by atoms with Gasteiger partial charge in [0.05, 0.1) is 24.7 Å². The highest BCUT2D eigenvalue weighted by Gasteiger charge is 2.31. The monoisotopic (exact) mass is 422 g/mol.